The van der Waals surface area contributed by atoms with Gasteiger partial charge in [0.15, 0.2) is 11.0 Å². The number of hydrogen-bond acceptors (Lipinski definition) is 6. The van der Waals surface area contributed by atoms with Crippen LogP contribution in [-0.2, 0) is 10.1 Å². The molecular weight excluding hydrogens is 210 g/mol. The lowest BCUT2D eigenvalue weighted by atomic mass is 10.3. The maximum atomic E-state index is 10.9. The first kappa shape index (κ1) is 8.91. The first-order valence-electron chi connectivity index (χ1n) is 3.48. The number of aromatic nitrogens is 2. The van der Waals surface area contributed by atoms with Crippen LogP contribution in [0.15, 0.2) is 21.7 Å². The summed E-state index contributed by atoms with van der Waals surface area (Å²) >= 11 is 0. The third-order valence-electron chi connectivity index (χ3n) is 1.69. The smallest absolute Gasteiger partial charge is 0.296 e. The van der Waals surface area contributed by atoms with Gasteiger partial charge in [-0.15, -0.1) is 0 Å². The van der Waals surface area contributed by atoms with Gasteiger partial charge in [-0.2, -0.15) is 8.42 Å². The van der Waals surface area contributed by atoms with E-state index in [0.717, 1.165) is 6.07 Å². The SMILES string of the molecule is Nc1ccc(S(=O)(=O)O)c2nonc12. The summed E-state index contributed by atoms with van der Waals surface area (Å²) in [6, 6.07) is 2.44. The quantitative estimate of drug-likeness (QED) is 0.509. The molecular formula is C6H5N3O4S. The number of anilines is 1. The van der Waals surface area contributed by atoms with Gasteiger partial charge >= 0.3 is 0 Å². The lowest BCUT2D eigenvalue weighted by molar-refractivity contribution is 0.315. The fraction of sp³-hybridized carbons (Fsp3) is 0. The molecule has 0 aliphatic rings. The maximum Gasteiger partial charge on any atom is 0.296 e. The molecule has 0 amide bonds. The summed E-state index contributed by atoms with van der Waals surface area (Å²) in [6.07, 6.45) is 0. The minimum Gasteiger partial charge on any atom is -0.397 e. The number of nitrogens with two attached hydrogens (primary N) is 1. The number of fused-ring (bicyclic) bond motifs is 1. The van der Waals surface area contributed by atoms with Crippen molar-refractivity contribution in [1.82, 2.24) is 10.3 Å². The van der Waals surface area contributed by atoms with Gasteiger partial charge in [0.05, 0.1) is 5.69 Å². The number of hydrogen-bond donors (Lipinski definition) is 2. The third kappa shape index (κ3) is 1.20. The van der Waals surface area contributed by atoms with Crippen molar-refractivity contribution in [3.05, 3.63) is 12.1 Å². The van der Waals surface area contributed by atoms with E-state index in [1.807, 2.05) is 0 Å². The molecule has 0 saturated carbocycles. The highest BCUT2D eigenvalue weighted by atomic mass is 32.2. The molecule has 0 aliphatic heterocycles. The molecule has 2 aromatic rings. The lowest BCUT2D eigenvalue weighted by Gasteiger charge is -1.97. The van der Waals surface area contributed by atoms with E-state index >= 15 is 0 Å². The molecule has 0 saturated heterocycles. The van der Waals surface area contributed by atoms with Gasteiger partial charge in [0.2, 0.25) is 0 Å². The second-order valence-electron chi connectivity index (χ2n) is 2.59. The average molecular weight is 215 g/mol. The Labute approximate surface area is 78.2 Å². The standard InChI is InChI=1S/C6H5N3O4S/c7-3-1-2-4(14(10,11)12)6-5(3)8-13-9-6/h1-2H,7H2,(H,10,11,12). The van der Waals surface area contributed by atoms with E-state index in [0.29, 0.717) is 0 Å². The summed E-state index contributed by atoms with van der Waals surface area (Å²) < 4.78 is 34.9. The van der Waals surface area contributed by atoms with Crippen LogP contribution in [-0.4, -0.2) is 23.3 Å². The van der Waals surface area contributed by atoms with Crippen LogP contribution in [0, 0.1) is 0 Å². The molecule has 0 aliphatic carbocycles. The van der Waals surface area contributed by atoms with Crippen molar-refractivity contribution in [3.8, 4) is 0 Å². The number of nitrogen functional groups attached to an aromatic ring is 1. The molecule has 0 atom stereocenters. The largest absolute Gasteiger partial charge is 0.397 e. The Morgan fingerprint density at radius 3 is 2.57 bits per heavy atom. The second-order valence-corrected chi connectivity index (χ2v) is 3.98. The van der Waals surface area contributed by atoms with Gasteiger partial charge in [-0.1, -0.05) is 0 Å². The molecule has 0 fully saturated rings. The van der Waals surface area contributed by atoms with E-state index in [1.54, 1.807) is 0 Å². The Balaban J connectivity index is 2.93. The highest BCUT2D eigenvalue weighted by molar-refractivity contribution is 7.86. The Bertz CT molecular complexity index is 588. The van der Waals surface area contributed by atoms with E-state index in [2.05, 4.69) is 14.9 Å². The van der Waals surface area contributed by atoms with Gasteiger partial charge in [0.1, 0.15) is 4.90 Å². The molecule has 0 radical (unpaired) electrons. The molecule has 74 valence electrons. The maximum absolute atomic E-state index is 10.9. The highest BCUT2D eigenvalue weighted by Crippen LogP contribution is 2.24. The summed E-state index contributed by atoms with van der Waals surface area (Å²) in [4.78, 5) is -0.372. The minimum atomic E-state index is -4.33. The second kappa shape index (κ2) is 2.66. The topological polar surface area (TPSA) is 119 Å². The molecule has 8 heteroatoms. The summed E-state index contributed by atoms with van der Waals surface area (Å²) in [5, 5.41) is 6.75. The summed E-state index contributed by atoms with van der Waals surface area (Å²) in [5.74, 6) is 0. The monoisotopic (exact) mass is 215 g/mol. The van der Waals surface area contributed by atoms with Crippen LogP contribution in [0.3, 0.4) is 0 Å². The summed E-state index contributed by atoms with van der Waals surface area (Å²) in [7, 11) is -4.33. The Morgan fingerprint density at radius 2 is 1.93 bits per heavy atom. The van der Waals surface area contributed by atoms with Gasteiger partial charge in [0.25, 0.3) is 10.1 Å². The van der Waals surface area contributed by atoms with Crippen molar-refractivity contribution in [1.29, 1.82) is 0 Å². The third-order valence-corrected chi connectivity index (χ3v) is 2.57. The number of benzene rings is 1. The van der Waals surface area contributed by atoms with Gasteiger partial charge in [-0.3, -0.25) is 4.55 Å². The van der Waals surface area contributed by atoms with Crippen LogP contribution in [0.25, 0.3) is 11.0 Å². The molecule has 7 nitrogen and oxygen atoms in total. The zero-order valence-electron chi connectivity index (χ0n) is 6.71. The van der Waals surface area contributed by atoms with E-state index < -0.39 is 10.1 Å². The molecule has 1 heterocycles. The molecule has 3 N–H and O–H groups in total. The van der Waals surface area contributed by atoms with Crippen molar-refractivity contribution in [2.24, 2.45) is 0 Å². The summed E-state index contributed by atoms with van der Waals surface area (Å²) in [5.41, 5.74) is 5.74. The fourth-order valence-electron chi connectivity index (χ4n) is 1.07. The van der Waals surface area contributed by atoms with Crippen LogP contribution in [0.5, 0.6) is 0 Å². The molecule has 1 aromatic carbocycles. The Kier molecular flexibility index (Phi) is 1.69. The molecule has 2 rings (SSSR count). The highest BCUT2D eigenvalue weighted by Gasteiger charge is 2.18. The van der Waals surface area contributed by atoms with Gasteiger partial charge in [-0.05, 0) is 22.4 Å². The number of nitrogens with zero attached hydrogens (tertiary/aromatic N) is 2. The van der Waals surface area contributed by atoms with Crippen LogP contribution in [0.4, 0.5) is 5.69 Å². The zero-order chi connectivity index (χ0) is 10.3. The van der Waals surface area contributed by atoms with Crippen LogP contribution >= 0.6 is 0 Å². The van der Waals surface area contributed by atoms with Gasteiger partial charge in [-0.25, -0.2) is 4.63 Å². The van der Waals surface area contributed by atoms with E-state index in [9.17, 15) is 8.42 Å². The molecule has 14 heavy (non-hydrogen) atoms. The van der Waals surface area contributed by atoms with Crippen molar-refractivity contribution < 1.29 is 17.6 Å². The number of rotatable bonds is 1. The molecule has 0 spiro atoms. The van der Waals surface area contributed by atoms with Crippen molar-refractivity contribution in [2.75, 3.05) is 5.73 Å². The van der Waals surface area contributed by atoms with Crippen molar-refractivity contribution in [2.45, 2.75) is 4.90 Å². The summed E-state index contributed by atoms with van der Waals surface area (Å²) in [6.45, 7) is 0. The van der Waals surface area contributed by atoms with Crippen LogP contribution < -0.4 is 5.73 Å². The van der Waals surface area contributed by atoms with Gasteiger partial charge < -0.3 is 5.73 Å². The van der Waals surface area contributed by atoms with E-state index in [1.165, 1.54) is 6.07 Å². The molecule has 0 bridgehead atoms. The van der Waals surface area contributed by atoms with Crippen LogP contribution in [0.2, 0.25) is 0 Å². The first-order chi connectivity index (χ1) is 6.50. The average Bonchev–Trinajstić information content (AvgIpc) is 2.50. The van der Waals surface area contributed by atoms with Crippen molar-refractivity contribution in [3.63, 3.8) is 0 Å². The van der Waals surface area contributed by atoms with Crippen LogP contribution in [0.1, 0.15) is 0 Å². The fourth-order valence-corrected chi connectivity index (χ4v) is 1.69. The Morgan fingerprint density at radius 1 is 1.29 bits per heavy atom. The normalized spacial score (nSPS) is 12.1. The predicted octanol–water partition coefficient (Wildman–Crippen LogP) is 0.0517. The Hall–Kier alpha value is -1.67. The van der Waals surface area contributed by atoms with Gasteiger partial charge in [0, 0.05) is 0 Å². The minimum absolute atomic E-state index is 0.0764. The van der Waals surface area contributed by atoms with E-state index in [-0.39, 0.29) is 21.6 Å². The van der Waals surface area contributed by atoms with E-state index in [4.69, 9.17) is 10.3 Å². The lowest BCUT2D eigenvalue weighted by Crippen LogP contribution is -2.00. The molecule has 1 aromatic heterocycles. The van der Waals surface area contributed by atoms with Crippen molar-refractivity contribution >= 4 is 26.8 Å². The zero-order valence-corrected chi connectivity index (χ0v) is 7.52. The first-order valence-corrected chi connectivity index (χ1v) is 4.92. The molecule has 0 unspecified atom stereocenters. The predicted molar refractivity (Wildman–Crippen MR) is 46.0 cm³/mol.